The first-order chi connectivity index (χ1) is 19.0. The Morgan fingerprint density at radius 2 is 1.65 bits per heavy atom. The number of halogens is 1. The van der Waals surface area contributed by atoms with E-state index in [4.69, 9.17) is 4.74 Å². The summed E-state index contributed by atoms with van der Waals surface area (Å²) < 4.78 is 45.6. The number of hydrogen-bond acceptors (Lipinski definition) is 5. The van der Waals surface area contributed by atoms with Crippen molar-refractivity contribution in [3.8, 4) is 5.75 Å². The molecule has 0 aromatic heterocycles. The first-order valence-electron chi connectivity index (χ1n) is 13.0. The number of anilines is 1. The number of ether oxygens (including phenoxy) is 1. The third-order valence-electron chi connectivity index (χ3n) is 6.56. The van der Waals surface area contributed by atoms with Gasteiger partial charge in [-0.2, -0.15) is 0 Å². The number of nitrogens with zero attached hydrogens (tertiary/aromatic N) is 2. The maximum Gasteiger partial charge on any atom is 0.244 e. The molecule has 3 rings (SSSR count). The summed E-state index contributed by atoms with van der Waals surface area (Å²) in [5.74, 6) is -0.950. The van der Waals surface area contributed by atoms with Crippen LogP contribution in [0.25, 0.3) is 0 Å². The minimum absolute atomic E-state index is 0.0275. The van der Waals surface area contributed by atoms with Crippen LogP contribution in [-0.4, -0.2) is 57.1 Å². The van der Waals surface area contributed by atoms with Crippen LogP contribution >= 0.6 is 0 Å². The highest BCUT2D eigenvalue weighted by molar-refractivity contribution is 7.92. The average Bonchev–Trinajstić information content (AvgIpc) is 2.94. The molecule has 0 saturated carbocycles. The minimum Gasteiger partial charge on any atom is -0.497 e. The highest BCUT2D eigenvalue weighted by Gasteiger charge is 2.33. The first kappa shape index (κ1) is 30.6. The van der Waals surface area contributed by atoms with Gasteiger partial charge in [-0.25, -0.2) is 12.8 Å². The van der Waals surface area contributed by atoms with Crippen molar-refractivity contribution in [2.45, 2.75) is 45.3 Å². The third-order valence-corrected chi connectivity index (χ3v) is 7.70. The Labute approximate surface area is 235 Å². The van der Waals surface area contributed by atoms with E-state index in [1.165, 1.54) is 42.3 Å². The van der Waals surface area contributed by atoms with Crippen molar-refractivity contribution in [2.24, 2.45) is 0 Å². The highest BCUT2D eigenvalue weighted by Crippen LogP contribution is 2.24. The number of nitrogens with one attached hydrogen (secondary N) is 1. The van der Waals surface area contributed by atoms with Crippen molar-refractivity contribution < 1.29 is 27.1 Å². The second-order valence-corrected chi connectivity index (χ2v) is 11.5. The molecule has 1 N–H and O–H groups in total. The lowest BCUT2D eigenvalue weighted by atomic mass is 10.0. The van der Waals surface area contributed by atoms with Gasteiger partial charge in [0.25, 0.3) is 0 Å². The zero-order valence-electron chi connectivity index (χ0n) is 23.2. The van der Waals surface area contributed by atoms with Gasteiger partial charge in [0.1, 0.15) is 24.2 Å². The monoisotopic (exact) mass is 569 g/mol. The van der Waals surface area contributed by atoms with Gasteiger partial charge in [-0.05, 0) is 48.7 Å². The number of rotatable bonds is 13. The molecule has 0 radical (unpaired) electrons. The molecular weight excluding hydrogens is 533 g/mol. The summed E-state index contributed by atoms with van der Waals surface area (Å²) in [6.07, 6.45) is 1.91. The quantitative estimate of drug-likeness (QED) is 0.334. The van der Waals surface area contributed by atoms with Crippen LogP contribution in [0.4, 0.5) is 10.1 Å². The Morgan fingerprint density at radius 1 is 0.975 bits per heavy atom. The second kappa shape index (κ2) is 13.9. The summed E-state index contributed by atoms with van der Waals surface area (Å²) in [5.41, 5.74) is 1.67. The summed E-state index contributed by atoms with van der Waals surface area (Å²) in [6, 6.07) is 20.2. The molecule has 2 amide bonds. The summed E-state index contributed by atoms with van der Waals surface area (Å²) >= 11 is 0. The Morgan fingerprint density at radius 3 is 2.25 bits per heavy atom. The maximum absolute atomic E-state index is 14.0. The predicted molar refractivity (Wildman–Crippen MR) is 154 cm³/mol. The maximum atomic E-state index is 14.0. The van der Waals surface area contributed by atoms with Crippen LogP contribution in [0.15, 0.2) is 78.9 Å². The number of hydrogen-bond donors (Lipinski definition) is 1. The lowest BCUT2D eigenvalue weighted by Crippen LogP contribution is -2.54. The summed E-state index contributed by atoms with van der Waals surface area (Å²) in [4.78, 5) is 29.0. The molecule has 0 saturated heterocycles. The van der Waals surface area contributed by atoms with E-state index in [1.54, 1.807) is 18.2 Å². The van der Waals surface area contributed by atoms with Crippen molar-refractivity contribution in [2.75, 3.05) is 24.2 Å². The van der Waals surface area contributed by atoms with E-state index in [9.17, 15) is 22.4 Å². The topological polar surface area (TPSA) is 96.0 Å². The summed E-state index contributed by atoms with van der Waals surface area (Å²) in [6.45, 7) is 3.24. The van der Waals surface area contributed by atoms with E-state index in [0.717, 1.165) is 16.1 Å². The van der Waals surface area contributed by atoms with Crippen LogP contribution in [-0.2, 0) is 32.6 Å². The standard InChI is InChI=1S/C30H36FN3O5S/c1-5-22(2)32-30(36)28(18-23-10-7-6-8-11-23)33(20-24-14-16-25(31)17-15-24)29(35)21-34(40(4,37)38)26-12-9-13-27(19-26)39-3/h6-17,19,22,28H,5,18,20-21H2,1-4H3,(H,32,36)/t22-,28-/m0/s1. The number of amides is 2. The summed E-state index contributed by atoms with van der Waals surface area (Å²) in [5, 5.41) is 2.97. The van der Waals surface area contributed by atoms with Crippen LogP contribution in [0.5, 0.6) is 5.75 Å². The van der Waals surface area contributed by atoms with Crippen molar-refractivity contribution in [3.63, 3.8) is 0 Å². The molecule has 214 valence electrons. The van der Waals surface area contributed by atoms with E-state index >= 15 is 0 Å². The molecule has 0 heterocycles. The van der Waals surface area contributed by atoms with Gasteiger partial charge in [0.2, 0.25) is 21.8 Å². The van der Waals surface area contributed by atoms with Gasteiger partial charge in [0, 0.05) is 25.1 Å². The molecule has 3 aromatic rings. The average molecular weight is 570 g/mol. The van der Waals surface area contributed by atoms with Crippen LogP contribution in [0.3, 0.4) is 0 Å². The molecule has 8 nitrogen and oxygen atoms in total. The van der Waals surface area contributed by atoms with Gasteiger partial charge in [-0.15, -0.1) is 0 Å². The fourth-order valence-electron chi connectivity index (χ4n) is 4.16. The van der Waals surface area contributed by atoms with Crippen molar-refractivity contribution >= 4 is 27.5 Å². The molecule has 40 heavy (non-hydrogen) atoms. The number of carbonyl (C=O) groups excluding carboxylic acids is 2. The van der Waals surface area contributed by atoms with Crippen molar-refractivity contribution in [1.29, 1.82) is 0 Å². The van der Waals surface area contributed by atoms with E-state index in [-0.39, 0.29) is 30.6 Å². The van der Waals surface area contributed by atoms with E-state index in [2.05, 4.69) is 5.32 Å². The Hall–Kier alpha value is -3.92. The van der Waals surface area contributed by atoms with Gasteiger partial charge >= 0.3 is 0 Å². The molecule has 0 fully saturated rings. The molecule has 0 spiro atoms. The van der Waals surface area contributed by atoms with Gasteiger partial charge in [-0.3, -0.25) is 13.9 Å². The normalized spacial score (nSPS) is 12.7. The number of carbonyl (C=O) groups is 2. The molecule has 2 atom stereocenters. The number of benzene rings is 3. The lowest BCUT2D eigenvalue weighted by Gasteiger charge is -2.34. The van der Waals surface area contributed by atoms with Crippen LogP contribution < -0.4 is 14.4 Å². The van der Waals surface area contributed by atoms with Crippen molar-refractivity contribution in [1.82, 2.24) is 10.2 Å². The van der Waals surface area contributed by atoms with Crippen LogP contribution in [0.2, 0.25) is 0 Å². The first-order valence-corrected chi connectivity index (χ1v) is 14.9. The lowest BCUT2D eigenvalue weighted by molar-refractivity contribution is -0.140. The Bertz CT molecular complexity index is 1380. The molecule has 10 heteroatoms. The van der Waals surface area contributed by atoms with E-state index < -0.39 is 34.3 Å². The molecule has 0 aliphatic carbocycles. The number of sulfonamides is 1. The molecule has 0 aliphatic heterocycles. The molecule has 0 unspecified atom stereocenters. The molecular formula is C30H36FN3O5S. The fraction of sp³-hybridized carbons (Fsp3) is 0.333. The van der Waals surface area contributed by atoms with Crippen LogP contribution in [0, 0.1) is 5.82 Å². The summed E-state index contributed by atoms with van der Waals surface area (Å²) in [7, 11) is -2.44. The zero-order valence-corrected chi connectivity index (χ0v) is 24.0. The van der Waals surface area contributed by atoms with Gasteiger partial charge < -0.3 is 15.0 Å². The highest BCUT2D eigenvalue weighted by atomic mass is 32.2. The second-order valence-electron chi connectivity index (χ2n) is 9.64. The SMILES string of the molecule is CC[C@H](C)NC(=O)[C@H](Cc1ccccc1)N(Cc1ccc(F)cc1)C(=O)CN(c1cccc(OC)c1)S(C)(=O)=O. The minimum atomic E-state index is -3.90. The smallest absolute Gasteiger partial charge is 0.244 e. The predicted octanol–water partition coefficient (Wildman–Crippen LogP) is 4.16. The molecule has 3 aromatic carbocycles. The van der Waals surface area contributed by atoms with Gasteiger partial charge in [0.15, 0.2) is 0 Å². The fourth-order valence-corrected chi connectivity index (χ4v) is 5.00. The number of methoxy groups -OCH3 is 1. The molecule has 0 bridgehead atoms. The van der Waals surface area contributed by atoms with Gasteiger partial charge in [-0.1, -0.05) is 55.5 Å². The third kappa shape index (κ3) is 8.54. The zero-order chi connectivity index (χ0) is 29.3. The largest absolute Gasteiger partial charge is 0.497 e. The van der Waals surface area contributed by atoms with E-state index in [1.807, 2.05) is 44.2 Å². The van der Waals surface area contributed by atoms with E-state index in [0.29, 0.717) is 17.7 Å². The van der Waals surface area contributed by atoms with Crippen molar-refractivity contribution in [3.05, 3.63) is 95.8 Å². The van der Waals surface area contributed by atoms with Crippen LogP contribution in [0.1, 0.15) is 31.4 Å². The Balaban J connectivity index is 2.06. The Kier molecular flexibility index (Phi) is 10.7. The van der Waals surface area contributed by atoms with Gasteiger partial charge in [0.05, 0.1) is 19.1 Å². The molecule has 0 aliphatic rings.